The molecule has 0 unspecified atom stereocenters. The Morgan fingerprint density at radius 3 is 2.37 bits per heavy atom. The number of hydrogen-bond acceptors (Lipinski definition) is 4. The van der Waals surface area contributed by atoms with Crippen molar-refractivity contribution in [2.24, 2.45) is 5.92 Å². The molecule has 1 saturated heterocycles. The maximum Gasteiger partial charge on any atom is 0.253 e. The van der Waals surface area contributed by atoms with Crippen LogP contribution in [0, 0.1) is 11.7 Å². The summed E-state index contributed by atoms with van der Waals surface area (Å²) in [6.07, 6.45) is 0.554. The molecule has 6 nitrogen and oxygen atoms in total. The van der Waals surface area contributed by atoms with Gasteiger partial charge in [0.25, 0.3) is 5.91 Å². The lowest BCUT2D eigenvalue weighted by atomic mass is 10.1. The van der Waals surface area contributed by atoms with Crippen LogP contribution in [0.15, 0.2) is 42.5 Å². The van der Waals surface area contributed by atoms with Crippen molar-refractivity contribution in [1.29, 1.82) is 0 Å². The van der Waals surface area contributed by atoms with Gasteiger partial charge in [-0.25, -0.2) is 4.39 Å². The highest BCUT2D eigenvalue weighted by atomic mass is 19.1. The fraction of sp³-hybridized carbons (Fsp3) is 0.391. The lowest BCUT2D eigenvalue weighted by Gasteiger charge is -2.37. The molecule has 0 atom stereocenters. The molecule has 7 heteroatoms. The van der Waals surface area contributed by atoms with E-state index in [1.807, 2.05) is 24.8 Å². The van der Waals surface area contributed by atoms with Crippen molar-refractivity contribution >= 4 is 23.2 Å². The average molecular weight is 413 g/mol. The van der Waals surface area contributed by atoms with Crippen LogP contribution in [0.5, 0.6) is 0 Å². The predicted octanol–water partition coefficient (Wildman–Crippen LogP) is 3.03. The number of benzene rings is 2. The highest BCUT2D eigenvalue weighted by Crippen LogP contribution is 2.25. The third-order valence-electron chi connectivity index (χ3n) is 5.19. The molecule has 0 saturated carbocycles. The molecule has 0 aliphatic carbocycles. The molecule has 160 valence electrons. The fourth-order valence-corrected chi connectivity index (χ4v) is 3.57. The minimum Gasteiger partial charge on any atom is -0.399 e. The Hall–Kier alpha value is -3.09. The zero-order valence-corrected chi connectivity index (χ0v) is 17.5. The third kappa shape index (κ3) is 5.49. The smallest absolute Gasteiger partial charge is 0.253 e. The lowest BCUT2D eigenvalue weighted by Crippen LogP contribution is -2.49. The molecule has 2 aromatic carbocycles. The van der Waals surface area contributed by atoms with E-state index in [4.69, 9.17) is 5.73 Å². The van der Waals surface area contributed by atoms with Gasteiger partial charge >= 0.3 is 0 Å². The summed E-state index contributed by atoms with van der Waals surface area (Å²) in [6, 6.07) is 11.3. The minimum atomic E-state index is -0.311. The fourth-order valence-electron chi connectivity index (χ4n) is 3.57. The van der Waals surface area contributed by atoms with Crippen LogP contribution in [0.1, 0.15) is 36.2 Å². The van der Waals surface area contributed by atoms with Gasteiger partial charge in [-0.1, -0.05) is 26.0 Å². The van der Waals surface area contributed by atoms with E-state index in [-0.39, 0.29) is 17.6 Å². The largest absolute Gasteiger partial charge is 0.399 e. The molecular formula is C23H29FN4O2. The molecule has 0 radical (unpaired) electrons. The highest BCUT2D eigenvalue weighted by Gasteiger charge is 2.24. The van der Waals surface area contributed by atoms with Gasteiger partial charge in [0.2, 0.25) is 5.91 Å². The molecule has 3 rings (SSSR count). The van der Waals surface area contributed by atoms with Crippen molar-refractivity contribution in [3.63, 3.8) is 0 Å². The number of nitrogens with two attached hydrogens (primary N) is 1. The summed E-state index contributed by atoms with van der Waals surface area (Å²) in [5.41, 5.74) is 8.56. The zero-order valence-electron chi connectivity index (χ0n) is 17.5. The topological polar surface area (TPSA) is 78.7 Å². The first-order chi connectivity index (χ1) is 14.3. The first-order valence-corrected chi connectivity index (χ1v) is 10.3. The maximum absolute atomic E-state index is 13.1. The van der Waals surface area contributed by atoms with Crippen molar-refractivity contribution in [3.05, 3.63) is 59.4 Å². The van der Waals surface area contributed by atoms with Crippen molar-refractivity contribution in [2.75, 3.05) is 36.8 Å². The number of hydrogen-bond donors (Lipinski definition) is 2. The number of amides is 2. The van der Waals surface area contributed by atoms with Crippen molar-refractivity contribution in [1.82, 2.24) is 10.2 Å². The molecule has 0 bridgehead atoms. The van der Waals surface area contributed by atoms with Gasteiger partial charge in [0.15, 0.2) is 0 Å². The molecule has 1 aliphatic rings. The Balaban J connectivity index is 1.67. The summed E-state index contributed by atoms with van der Waals surface area (Å²) >= 11 is 0. The van der Waals surface area contributed by atoms with Gasteiger partial charge in [-0.3, -0.25) is 9.59 Å². The number of anilines is 2. The van der Waals surface area contributed by atoms with Gasteiger partial charge in [-0.2, -0.15) is 0 Å². The number of nitrogens with one attached hydrogen (secondary N) is 1. The van der Waals surface area contributed by atoms with E-state index in [0.29, 0.717) is 56.3 Å². The van der Waals surface area contributed by atoms with Crippen molar-refractivity contribution in [3.8, 4) is 0 Å². The van der Waals surface area contributed by atoms with Gasteiger partial charge in [0.1, 0.15) is 5.82 Å². The van der Waals surface area contributed by atoms with Gasteiger partial charge in [0, 0.05) is 50.5 Å². The molecular weight excluding hydrogens is 383 g/mol. The van der Waals surface area contributed by atoms with E-state index in [0.717, 1.165) is 11.3 Å². The van der Waals surface area contributed by atoms with Crippen molar-refractivity contribution < 1.29 is 14.0 Å². The quantitative estimate of drug-likeness (QED) is 0.715. The SMILES string of the molecule is CC(C)CC(=O)N1CCN(c2ccc(N)cc2C(=O)NCc2ccc(F)cc2)CC1. The number of nitrogen functional groups attached to an aromatic ring is 1. The number of nitrogens with zero attached hydrogens (tertiary/aromatic N) is 2. The van der Waals surface area contributed by atoms with Crippen molar-refractivity contribution in [2.45, 2.75) is 26.8 Å². The molecule has 1 aliphatic heterocycles. The van der Waals surface area contributed by atoms with Gasteiger partial charge in [0.05, 0.1) is 5.56 Å². The number of halogens is 1. The molecule has 0 aromatic heterocycles. The number of carbonyl (C=O) groups is 2. The van der Waals surface area contributed by atoms with Gasteiger partial charge in [-0.15, -0.1) is 0 Å². The Labute approximate surface area is 176 Å². The second kappa shape index (κ2) is 9.61. The van der Waals surface area contributed by atoms with E-state index in [1.54, 1.807) is 24.3 Å². The third-order valence-corrected chi connectivity index (χ3v) is 5.19. The Bertz CT molecular complexity index is 891. The van der Waals surface area contributed by atoms with Crippen LogP contribution in [0.2, 0.25) is 0 Å². The normalized spacial score (nSPS) is 14.1. The lowest BCUT2D eigenvalue weighted by molar-refractivity contribution is -0.132. The van der Waals surface area contributed by atoms with Gasteiger partial charge in [-0.05, 0) is 41.8 Å². The van der Waals surface area contributed by atoms with Gasteiger partial charge < -0.3 is 20.9 Å². The second-order valence-corrected chi connectivity index (χ2v) is 8.05. The Morgan fingerprint density at radius 1 is 1.07 bits per heavy atom. The number of rotatable bonds is 6. The van der Waals surface area contributed by atoms with Crippen LogP contribution >= 0.6 is 0 Å². The molecule has 0 spiro atoms. The van der Waals surface area contributed by atoms with E-state index < -0.39 is 0 Å². The minimum absolute atomic E-state index is 0.180. The van der Waals surface area contributed by atoms with Crippen LogP contribution in [0.3, 0.4) is 0 Å². The second-order valence-electron chi connectivity index (χ2n) is 8.05. The first-order valence-electron chi connectivity index (χ1n) is 10.3. The first kappa shape index (κ1) is 21.6. The molecule has 2 aromatic rings. The molecule has 3 N–H and O–H groups in total. The molecule has 30 heavy (non-hydrogen) atoms. The van der Waals surface area contributed by atoms with Crippen LogP contribution in [0.25, 0.3) is 0 Å². The molecule has 2 amide bonds. The van der Waals surface area contributed by atoms with E-state index >= 15 is 0 Å². The standard InChI is InChI=1S/C23H29FN4O2/c1-16(2)13-22(29)28-11-9-27(10-12-28)21-8-7-19(25)14-20(21)23(30)26-15-17-3-5-18(24)6-4-17/h3-8,14,16H,9-13,15,25H2,1-2H3,(H,26,30). The predicted molar refractivity (Wildman–Crippen MR) is 117 cm³/mol. The number of carbonyl (C=O) groups excluding carboxylic acids is 2. The molecule has 1 heterocycles. The van der Waals surface area contributed by atoms with E-state index in [1.165, 1.54) is 12.1 Å². The summed E-state index contributed by atoms with van der Waals surface area (Å²) in [5, 5.41) is 2.88. The van der Waals surface area contributed by atoms with E-state index in [2.05, 4.69) is 10.2 Å². The van der Waals surface area contributed by atoms with Crippen LogP contribution in [0.4, 0.5) is 15.8 Å². The summed E-state index contributed by atoms with van der Waals surface area (Å²) in [7, 11) is 0. The zero-order chi connectivity index (χ0) is 21.7. The molecule has 1 fully saturated rings. The Morgan fingerprint density at radius 2 is 1.73 bits per heavy atom. The summed E-state index contributed by atoms with van der Waals surface area (Å²) in [5.74, 6) is -0.0302. The average Bonchev–Trinajstić information content (AvgIpc) is 2.72. The Kier molecular flexibility index (Phi) is 6.92. The highest BCUT2D eigenvalue weighted by molar-refractivity contribution is 6.00. The number of piperazine rings is 1. The summed E-state index contributed by atoms with van der Waals surface area (Å²) in [4.78, 5) is 29.2. The van der Waals surface area contributed by atoms with E-state index in [9.17, 15) is 14.0 Å². The van der Waals surface area contributed by atoms with Crippen LogP contribution in [-0.2, 0) is 11.3 Å². The maximum atomic E-state index is 13.1. The summed E-state index contributed by atoms with van der Waals surface area (Å²) < 4.78 is 13.1. The van der Waals surface area contributed by atoms with Crippen LogP contribution < -0.4 is 16.0 Å². The monoisotopic (exact) mass is 412 g/mol. The summed E-state index contributed by atoms with van der Waals surface area (Å²) in [6.45, 7) is 6.96. The van der Waals surface area contributed by atoms with Crippen LogP contribution in [-0.4, -0.2) is 42.9 Å².